The zero-order valence-corrected chi connectivity index (χ0v) is 12.9. The zero-order valence-electron chi connectivity index (χ0n) is 11.2. The van der Waals surface area contributed by atoms with Crippen LogP contribution in [-0.2, 0) is 12.8 Å². The number of rotatable bonds is 1. The van der Waals surface area contributed by atoms with Gasteiger partial charge in [0.15, 0.2) is 0 Å². The van der Waals surface area contributed by atoms with Crippen molar-refractivity contribution >= 4 is 33.6 Å². The molecule has 0 unspecified atom stereocenters. The Balaban J connectivity index is 1.73. The molecule has 0 fully saturated rings. The van der Waals surface area contributed by atoms with Crippen LogP contribution in [0.15, 0.2) is 17.5 Å². The molecule has 20 heavy (non-hydrogen) atoms. The van der Waals surface area contributed by atoms with Crippen molar-refractivity contribution < 1.29 is 4.79 Å². The molecule has 0 saturated heterocycles. The van der Waals surface area contributed by atoms with E-state index in [2.05, 4.69) is 23.6 Å². The van der Waals surface area contributed by atoms with E-state index in [-0.39, 0.29) is 12.1 Å². The summed E-state index contributed by atoms with van der Waals surface area (Å²) in [6.07, 6.45) is 3.28. The van der Waals surface area contributed by atoms with E-state index in [1.54, 1.807) is 22.7 Å². The van der Waals surface area contributed by atoms with Crippen LogP contribution in [0.3, 0.4) is 0 Å². The average molecular weight is 304 g/mol. The molecule has 1 amide bonds. The fourth-order valence-corrected chi connectivity index (χ4v) is 5.22. The highest BCUT2D eigenvalue weighted by Crippen LogP contribution is 2.42. The number of nitrogens with one attached hydrogen (secondary N) is 2. The van der Waals surface area contributed by atoms with Crippen LogP contribution < -0.4 is 10.6 Å². The summed E-state index contributed by atoms with van der Waals surface area (Å²) in [6.45, 7) is 2.30. The van der Waals surface area contributed by atoms with Crippen molar-refractivity contribution in [1.29, 1.82) is 0 Å². The number of fused-ring (bicyclic) bond motifs is 3. The van der Waals surface area contributed by atoms with Crippen LogP contribution in [0.2, 0.25) is 0 Å². The van der Waals surface area contributed by atoms with Crippen LogP contribution >= 0.6 is 22.7 Å². The van der Waals surface area contributed by atoms with Gasteiger partial charge in [0.05, 0.1) is 5.56 Å². The van der Waals surface area contributed by atoms with E-state index in [1.165, 1.54) is 16.9 Å². The summed E-state index contributed by atoms with van der Waals surface area (Å²) in [4.78, 5) is 15.0. The molecule has 2 atom stereocenters. The van der Waals surface area contributed by atoms with Crippen molar-refractivity contribution in [1.82, 2.24) is 5.32 Å². The van der Waals surface area contributed by atoms with Gasteiger partial charge in [-0.25, -0.2) is 0 Å². The second-order valence-corrected chi connectivity index (χ2v) is 7.71. The molecule has 4 rings (SSSR count). The number of thiophene rings is 2. The predicted octanol–water partition coefficient (Wildman–Crippen LogP) is 3.79. The lowest BCUT2D eigenvalue weighted by Gasteiger charge is -2.26. The van der Waals surface area contributed by atoms with Crippen LogP contribution in [-0.4, -0.2) is 5.91 Å². The Morgan fingerprint density at radius 3 is 3.05 bits per heavy atom. The standard InChI is InChI=1S/C15H16N2OS2/c1-8-4-5-9-11(7-8)20-15-12(9)14(18)16-13(17-15)10-3-2-6-19-10/h2-3,6,8,13,17H,4-5,7H2,1H3,(H,16,18)/t8-,13+/m0/s1. The molecule has 2 N–H and O–H groups in total. The molecule has 5 heteroatoms. The maximum atomic E-state index is 12.5. The van der Waals surface area contributed by atoms with E-state index in [0.717, 1.165) is 34.2 Å². The summed E-state index contributed by atoms with van der Waals surface area (Å²) in [6, 6.07) is 4.08. The second kappa shape index (κ2) is 4.60. The second-order valence-electron chi connectivity index (χ2n) is 5.62. The van der Waals surface area contributed by atoms with E-state index >= 15 is 0 Å². The summed E-state index contributed by atoms with van der Waals surface area (Å²) in [5, 5.41) is 9.69. The van der Waals surface area contributed by atoms with E-state index in [9.17, 15) is 4.79 Å². The molecule has 0 saturated carbocycles. The average Bonchev–Trinajstić information content (AvgIpc) is 3.04. The monoisotopic (exact) mass is 304 g/mol. The quantitative estimate of drug-likeness (QED) is 0.841. The third-order valence-electron chi connectivity index (χ3n) is 4.12. The fourth-order valence-electron chi connectivity index (χ4n) is 3.06. The van der Waals surface area contributed by atoms with Crippen LogP contribution in [0.4, 0.5) is 5.00 Å². The summed E-state index contributed by atoms with van der Waals surface area (Å²) < 4.78 is 0. The first-order chi connectivity index (χ1) is 9.72. The first-order valence-corrected chi connectivity index (χ1v) is 8.67. The molecular weight excluding hydrogens is 288 g/mol. The molecule has 0 spiro atoms. The molecular formula is C15H16N2OS2. The van der Waals surface area contributed by atoms with Gasteiger partial charge in [0, 0.05) is 9.75 Å². The SMILES string of the molecule is C[C@H]1CCc2c(sc3c2C(=O)N[C@@H](c2cccs2)N3)C1. The third kappa shape index (κ3) is 1.88. The van der Waals surface area contributed by atoms with Gasteiger partial charge in [-0.1, -0.05) is 13.0 Å². The Labute approximate surface area is 126 Å². The van der Waals surface area contributed by atoms with Gasteiger partial charge < -0.3 is 10.6 Å². The Morgan fingerprint density at radius 1 is 1.35 bits per heavy atom. The van der Waals surface area contributed by atoms with E-state index in [4.69, 9.17) is 0 Å². The summed E-state index contributed by atoms with van der Waals surface area (Å²) in [5.41, 5.74) is 2.20. The summed E-state index contributed by atoms with van der Waals surface area (Å²) >= 11 is 3.45. The number of carbonyl (C=O) groups is 1. The molecule has 3 heterocycles. The molecule has 0 bridgehead atoms. The van der Waals surface area contributed by atoms with Crippen LogP contribution in [0.5, 0.6) is 0 Å². The number of hydrogen-bond acceptors (Lipinski definition) is 4. The molecule has 0 radical (unpaired) electrons. The van der Waals surface area contributed by atoms with Gasteiger partial charge in [-0.15, -0.1) is 22.7 Å². The van der Waals surface area contributed by atoms with Gasteiger partial charge in [-0.2, -0.15) is 0 Å². The normalized spacial score (nSPS) is 24.6. The van der Waals surface area contributed by atoms with Gasteiger partial charge in [0.25, 0.3) is 5.91 Å². The highest BCUT2D eigenvalue weighted by Gasteiger charge is 2.33. The van der Waals surface area contributed by atoms with Crippen molar-refractivity contribution in [3.8, 4) is 0 Å². The minimum absolute atomic E-state index is 0.0764. The van der Waals surface area contributed by atoms with Crippen LogP contribution in [0.25, 0.3) is 0 Å². The lowest BCUT2D eigenvalue weighted by molar-refractivity contribution is 0.0936. The Kier molecular flexibility index (Phi) is 2.86. The molecule has 2 aliphatic rings. The zero-order chi connectivity index (χ0) is 13.7. The van der Waals surface area contributed by atoms with Crippen molar-refractivity contribution in [2.24, 2.45) is 5.92 Å². The number of hydrogen-bond donors (Lipinski definition) is 2. The van der Waals surface area contributed by atoms with Crippen molar-refractivity contribution in [2.75, 3.05) is 5.32 Å². The summed E-state index contributed by atoms with van der Waals surface area (Å²) in [5.74, 6) is 0.822. The topological polar surface area (TPSA) is 41.1 Å². The molecule has 1 aliphatic carbocycles. The molecule has 0 aromatic carbocycles. The van der Waals surface area contributed by atoms with E-state index < -0.39 is 0 Å². The minimum atomic E-state index is -0.0764. The smallest absolute Gasteiger partial charge is 0.256 e. The van der Waals surface area contributed by atoms with Crippen molar-refractivity contribution in [2.45, 2.75) is 32.4 Å². The van der Waals surface area contributed by atoms with Gasteiger partial charge >= 0.3 is 0 Å². The van der Waals surface area contributed by atoms with Crippen molar-refractivity contribution in [3.63, 3.8) is 0 Å². The van der Waals surface area contributed by atoms with Crippen LogP contribution in [0, 0.1) is 5.92 Å². The maximum absolute atomic E-state index is 12.5. The van der Waals surface area contributed by atoms with Crippen LogP contribution in [0.1, 0.15) is 45.2 Å². The number of anilines is 1. The number of carbonyl (C=O) groups excluding carboxylic acids is 1. The number of amides is 1. The fraction of sp³-hybridized carbons (Fsp3) is 0.400. The highest BCUT2D eigenvalue weighted by atomic mass is 32.1. The van der Waals surface area contributed by atoms with E-state index in [0.29, 0.717) is 0 Å². The van der Waals surface area contributed by atoms with Gasteiger partial charge in [-0.05, 0) is 42.2 Å². The first-order valence-electron chi connectivity index (χ1n) is 6.97. The minimum Gasteiger partial charge on any atom is -0.352 e. The Morgan fingerprint density at radius 2 is 2.25 bits per heavy atom. The summed E-state index contributed by atoms with van der Waals surface area (Å²) in [7, 11) is 0. The largest absolute Gasteiger partial charge is 0.352 e. The molecule has 104 valence electrons. The Bertz CT molecular complexity index is 660. The van der Waals surface area contributed by atoms with Crippen molar-refractivity contribution in [3.05, 3.63) is 38.4 Å². The molecule has 2 aromatic rings. The molecule has 3 nitrogen and oxygen atoms in total. The lowest BCUT2D eigenvalue weighted by atomic mass is 9.88. The third-order valence-corrected chi connectivity index (χ3v) is 6.24. The maximum Gasteiger partial charge on any atom is 0.256 e. The highest BCUT2D eigenvalue weighted by molar-refractivity contribution is 7.16. The Hall–Kier alpha value is -1.33. The lowest BCUT2D eigenvalue weighted by Crippen LogP contribution is -2.37. The predicted molar refractivity (Wildman–Crippen MR) is 83.7 cm³/mol. The molecule has 1 aliphatic heterocycles. The van der Waals surface area contributed by atoms with Gasteiger partial charge in [0.1, 0.15) is 11.2 Å². The van der Waals surface area contributed by atoms with E-state index in [1.807, 2.05) is 11.4 Å². The first kappa shape index (κ1) is 12.4. The molecule has 2 aromatic heterocycles. The van der Waals surface area contributed by atoms with Gasteiger partial charge in [-0.3, -0.25) is 4.79 Å². The van der Waals surface area contributed by atoms with Gasteiger partial charge in [0.2, 0.25) is 0 Å².